The standard InChI is InChI=1S/C11H11NOS/c1-2-13-10(8-12)9-14-11-6-4-3-5-7-11/h3-7,9H,2H2,1H3/b10-9+. The third kappa shape index (κ3) is 3.55. The Morgan fingerprint density at radius 2 is 2.21 bits per heavy atom. The molecule has 0 unspecified atom stereocenters. The Bertz CT molecular complexity index is 340. The van der Waals surface area contributed by atoms with Crippen molar-refractivity contribution in [3.63, 3.8) is 0 Å². The summed E-state index contributed by atoms with van der Waals surface area (Å²) in [5.41, 5.74) is 0. The lowest BCUT2D eigenvalue weighted by Crippen LogP contribution is -1.86. The van der Waals surface area contributed by atoms with E-state index in [0.717, 1.165) is 4.90 Å². The van der Waals surface area contributed by atoms with E-state index in [2.05, 4.69) is 0 Å². The van der Waals surface area contributed by atoms with Crippen molar-refractivity contribution in [3.8, 4) is 6.07 Å². The minimum absolute atomic E-state index is 0.362. The largest absolute Gasteiger partial charge is 0.484 e. The number of nitrogens with zero attached hydrogens (tertiary/aromatic N) is 1. The molecule has 0 N–H and O–H groups in total. The molecule has 0 aliphatic carbocycles. The summed E-state index contributed by atoms with van der Waals surface area (Å²) in [6, 6.07) is 11.8. The highest BCUT2D eigenvalue weighted by Crippen LogP contribution is 2.19. The first-order valence-electron chi connectivity index (χ1n) is 4.31. The second-order valence-electron chi connectivity index (χ2n) is 2.46. The van der Waals surface area contributed by atoms with Crippen LogP contribution in [-0.2, 0) is 4.74 Å². The summed E-state index contributed by atoms with van der Waals surface area (Å²) in [6.45, 7) is 2.38. The highest BCUT2D eigenvalue weighted by atomic mass is 32.2. The molecular formula is C11H11NOS. The van der Waals surface area contributed by atoms with E-state index in [0.29, 0.717) is 12.4 Å². The van der Waals surface area contributed by atoms with E-state index in [9.17, 15) is 0 Å². The van der Waals surface area contributed by atoms with Crippen LogP contribution in [0.4, 0.5) is 0 Å². The van der Waals surface area contributed by atoms with Crippen LogP contribution < -0.4 is 0 Å². The first-order valence-corrected chi connectivity index (χ1v) is 5.19. The molecule has 0 aliphatic rings. The van der Waals surface area contributed by atoms with E-state index < -0.39 is 0 Å². The van der Waals surface area contributed by atoms with Crippen LogP contribution in [0.5, 0.6) is 0 Å². The van der Waals surface area contributed by atoms with Gasteiger partial charge in [-0.1, -0.05) is 30.0 Å². The molecule has 1 aromatic rings. The fourth-order valence-corrected chi connectivity index (χ4v) is 1.55. The number of benzene rings is 1. The lowest BCUT2D eigenvalue weighted by Gasteiger charge is -1.99. The average molecular weight is 205 g/mol. The molecule has 0 amide bonds. The van der Waals surface area contributed by atoms with Crippen LogP contribution >= 0.6 is 11.8 Å². The lowest BCUT2D eigenvalue weighted by atomic mass is 10.4. The van der Waals surface area contributed by atoms with Crippen molar-refractivity contribution in [3.05, 3.63) is 41.5 Å². The van der Waals surface area contributed by atoms with Gasteiger partial charge in [0.25, 0.3) is 0 Å². The first-order chi connectivity index (χ1) is 6.86. The van der Waals surface area contributed by atoms with Gasteiger partial charge in [0.2, 0.25) is 5.76 Å². The van der Waals surface area contributed by atoms with Gasteiger partial charge in [0.1, 0.15) is 6.07 Å². The van der Waals surface area contributed by atoms with Crippen molar-refractivity contribution in [2.24, 2.45) is 0 Å². The SMILES string of the molecule is CCO/C(C#N)=C/Sc1ccccc1. The smallest absolute Gasteiger partial charge is 0.203 e. The van der Waals surface area contributed by atoms with Crippen LogP contribution in [0.1, 0.15) is 6.92 Å². The second-order valence-corrected chi connectivity index (χ2v) is 3.40. The maximum atomic E-state index is 8.68. The number of hydrogen-bond donors (Lipinski definition) is 0. The maximum Gasteiger partial charge on any atom is 0.203 e. The van der Waals surface area contributed by atoms with Gasteiger partial charge in [-0.25, -0.2) is 0 Å². The number of rotatable bonds is 4. The number of nitriles is 1. The van der Waals surface area contributed by atoms with Gasteiger partial charge in [0.05, 0.1) is 6.61 Å². The van der Waals surface area contributed by atoms with Crippen molar-refractivity contribution < 1.29 is 4.74 Å². The Kier molecular flexibility index (Phi) is 4.66. The van der Waals surface area contributed by atoms with E-state index in [1.54, 1.807) is 5.41 Å². The van der Waals surface area contributed by atoms with Crippen LogP contribution in [0.15, 0.2) is 46.4 Å². The van der Waals surface area contributed by atoms with Crippen molar-refractivity contribution >= 4 is 11.8 Å². The summed E-state index contributed by atoms with van der Waals surface area (Å²) < 4.78 is 5.09. The predicted octanol–water partition coefficient (Wildman–Crippen LogP) is 3.18. The summed E-state index contributed by atoms with van der Waals surface area (Å²) >= 11 is 1.48. The average Bonchev–Trinajstić information content (AvgIpc) is 2.25. The quantitative estimate of drug-likeness (QED) is 0.430. The fraction of sp³-hybridized carbons (Fsp3) is 0.182. The first kappa shape index (κ1) is 10.7. The van der Waals surface area contributed by atoms with Gasteiger partial charge in [-0.2, -0.15) is 5.26 Å². The molecule has 72 valence electrons. The van der Waals surface area contributed by atoms with Gasteiger partial charge in [-0.15, -0.1) is 0 Å². The molecule has 1 aromatic carbocycles. The summed E-state index contributed by atoms with van der Waals surface area (Å²) in [7, 11) is 0. The molecule has 0 bridgehead atoms. The molecule has 0 aliphatic heterocycles. The highest BCUT2D eigenvalue weighted by Gasteiger charge is 1.94. The lowest BCUT2D eigenvalue weighted by molar-refractivity contribution is 0.246. The van der Waals surface area contributed by atoms with Crippen molar-refractivity contribution in [1.29, 1.82) is 5.26 Å². The maximum absolute atomic E-state index is 8.68. The molecule has 14 heavy (non-hydrogen) atoms. The van der Waals surface area contributed by atoms with E-state index >= 15 is 0 Å². The Labute approximate surface area is 88.2 Å². The zero-order valence-electron chi connectivity index (χ0n) is 7.93. The minimum Gasteiger partial charge on any atom is -0.484 e. The van der Waals surface area contributed by atoms with Gasteiger partial charge in [0, 0.05) is 10.3 Å². The van der Waals surface area contributed by atoms with Crippen LogP contribution in [0.3, 0.4) is 0 Å². The minimum atomic E-state index is 0.362. The van der Waals surface area contributed by atoms with Crippen LogP contribution in [0, 0.1) is 11.3 Å². The van der Waals surface area contributed by atoms with Crippen molar-refractivity contribution in [2.75, 3.05) is 6.61 Å². The predicted molar refractivity (Wildman–Crippen MR) is 57.6 cm³/mol. The third-order valence-electron chi connectivity index (χ3n) is 1.46. The van der Waals surface area contributed by atoms with Gasteiger partial charge < -0.3 is 4.74 Å². The molecule has 0 spiro atoms. The molecule has 0 saturated heterocycles. The summed E-state index contributed by atoms with van der Waals surface area (Å²) in [5.74, 6) is 0.362. The molecule has 0 saturated carbocycles. The van der Waals surface area contributed by atoms with Crippen LogP contribution in [-0.4, -0.2) is 6.61 Å². The number of allylic oxidation sites excluding steroid dienone is 1. The topological polar surface area (TPSA) is 33.0 Å². The Hall–Kier alpha value is -1.40. The van der Waals surface area contributed by atoms with Crippen LogP contribution in [0.2, 0.25) is 0 Å². The summed E-state index contributed by atoms with van der Waals surface area (Å²) in [4.78, 5) is 1.10. The monoisotopic (exact) mass is 205 g/mol. The molecule has 0 aromatic heterocycles. The molecular weight excluding hydrogens is 194 g/mol. The third-order valence-corrected chi connectivity index (χ3v) is 2.33. The Balaban J connectivity index is 2.58. The van der Waals surface area contributed by atoms with Gasteiger partial charge in [-0.05, 0) is 19.1 Å². The van der Waals surface area contributed by atoms with E-state index in [1.165, 1.54) is 11.8 Å². The van der Waals surface area contributed by atoms with Crippen molar-refractivity contribution in [1.82, 2.24) is 0 Å². The molecule has 3 heteroatoms. The van der Waals surface area contributed by atoms with E-state index in [1.807, 2.05) is 43.3 Å². The fourth-order valence-electron chi connectivity index (χ4n) is 0.869. The van der Waals surface area contributed by atoms with Crippen LogP contribution in [0.25, 0.3) is 0 Å². The molecule has 0 radical (unpaired) electrons. The van der Waals surface area contributed by atoms with E-state index in [4.69, 9.17) is 10.00 Å². The van der Waals surface area contributed by atoms with E-state index in [-0.39, 0.29) is 0 Å². The normalized spacial score (nSPS) is 10.7. The Morgan fingerprint density at radius 3 is 2.79 bits per heavy atom. The number of ether oxygens (including phenoxy) is 1. The Morgan fingerprint density at radius 1 is 1.50 bits per heavy atom. The molecule has 0 heterocycles. The van der Waals surface area contributed by atoms with Gasteiger partial charge in [0.15, 0.2) is 0 Å². The number of thioether (sulfide) groups is 1. The van der Waals surface area contributed by atoms with Gasteiger partial charge >= 0.3 is 0 Å². The number of hydrogen-bond acceptors (Lipinski definition) is 3. The zero-order chi connectivity index (χ0) is 10.2. The van der Waals surface area contributed by atoms with Crippen molar-refractivity contribution in [2.45, 2.75) is 11.8 Å². The highest BCUT2D eigenvalue weighted by molar-refractivity contribution is 8.02. The zero-order valence-corrected chi connectivity index (χ0v) is 8.75. The van der Waals surface area contributed by atoms with Gasteiger partial charge in [-0.3, -0.25) is 0 Å². The molecule has 0 atom stereocenters. The molecule has 2 nitrogen and oxygen atoms in total. The molecule has 0 fully saturated rings. The second kappa shape index (κ2) is 6.11. The summed E-state index contributed by atoms with van der Waals surface area (Å²) in [6.07, 6.45) is 0. The molecule has 1 rings (SSSR count). The summed E-state index contributed by atoms with van der Waals surface area (Å²) in [5, 5.41) is 10.4.